The average Bonchev–Trinajstić information content (AvgIpc) is 2.70. The van der Waals surface area contributed by atoms with E-state index in [9.17, 15) is 14.9 Å². The second kappa shape index (κ2) is 9.32. The van der Waals surface area contributed by atoms with E-state index >= 15 is 0 Å². The van der Waals surface area contributed by atoms with E-state index in [-0.39, 0.29) is 10.6 Å². The Morgan fingerprint density at radius 2 is 1.82 bits per heavy atom. The summed E-state index contributed by atoms with van der Waals surface area (Å²) in [6.45, 7) is 2.22. The van der Waals surface area contributed by atoms with Gasteiger partial charge in [-0.1, -0.05) is 12.1 Å². The number of piperidine rings is 1. The van der Waals surface area contributed by atoms with Crippen LogP contribution in [0.3, 0.4) is 0 Å². The van der Waals surface area contributed by atoms with Gasteiger partial charge >= 0.3 is 0 Å². The second-order valence-corrected chi connectivity index (χ2v) is 6.91. The summed E-state index contributed by atoms with van der Waals surface area (Å²) in [5.74, 6) is 1.65. The molecule has 0 saturated carbocycles. The van der Waals surface area contributed by atoms with Crippen LogP contribution < -0.4 is 9.64 Å². The smallest absolute Gasteiger partial charge is 0.292 e. The fraction of sp³-hybridized carbons (Fsp3) is 0.381. The van der Waals surface area contributed by atoms with Crippen LogP contribution in [0.25, 0.3) is 0 Å². The zero-order chi connectivity index (χ0) is 19.9. The van der Waals surface area contributed by atoms with E-state index in [1.54, 1.807) is 31.4 Å². The highest BCUT2D eigenvalue weighted by molar-refractivity contribution is 5.66. The van der Waals surface area contributed by atoms with Gasteiger partial charge in [-0.15, -0.1) is 0 Å². The number of nitro benzene ring substituents is 1. The molecular weight excluding hydrogens is 360 g/mol. The molecular formula is C21H24N2O5. The van der Waals surface area contributed by atoms with Crippen molar-refractivity contribution in [1.29, 1.82) is 0 Å². The van der Waals surface area contributed by atoms with Crippen LogP contribution in [0.1, 0.15) is 18.4 Å². The summed E-state index contributed by atoms with van der Waals surface area (Å²) in [5, 5.41) is 11.5. The van der Waals surface area contributed by atoms with Gasteiger partial charge in [0.1, 0.15) is 23.5 Å². The third-order valence-corrected chi connectivity index (χ3v) is 4.98. The van der Waals surface area contributed by atoms with Crippen molar-refractivity contribution in [3.8, 4) is 11.5 Å². The van der Waals surface area contributed by atoms with Crippen molar-refractivity contribution in [3.63, 3.8) is 0 Å². The average molecular weight is 384 g/mol. The molecule has 0 atom stereocenters. The van der Waals surface area contributed by atoms with E-state index in [0.29, 0.717) is 29.5 Å². The summed E-state index contributed by atoms with van der Waals surface area (Å²) >= 11 is 0. The van der Waals surface area contributed by atoms with Crippen molar-refractivity contribution in [2.45, 2.75) is 19.3 Å². The fourth-order valence-corrected chi connectivity index (χ4v) is 3.48. The van der Waals surface area contributed by atoms with Crippen LogP contribution >= 0.6 is 0 Å². The molecule has 148 valence electrons. The molecule has 0 amide bonds. The number of benzene rings is 2. The lowest BCUT2D eigenvalue weighted by atomic mass is 9.97. The number of aldehydes is 1. The van der Waals surface area contributed by atoms with Crippen molar-refractivity contribution in [3.05, 3.63) is 58.1 Å². The first-order chi connectivity index (χ1) is 13.6. The number of ether oxygens (including phenoxy) is 2. The Morgan fingerprint density at radius 1 is 1.14 bits per heavy atom. The van der Waals surface area contributed by atoms with Gasteiger partial charge in [-0.05, 0) is 42.5 Å². The maximum Gasteiger partial charge on any atom is 0.292 e. The standard InChI is InChI=1S/C21H24N2O5/c1-27-15-17-8-11-22(12-9-17)21-14-19(6-7-20(21)23(25)26)28-18-4-2-16(3-5-18)10-13-24/h2-7,13-14,17H,8-12,15H2,1H3. The van der Waals surface area contributed by atoms with Crippen molar-refractivity contribution >= 4 is 17.7 Å². The Labute approximate surface area is 164 Å². The zero-order valence-electron chi connectivity index (χ0n) is 15.9. The second-order valence-electron chi connectivity index (χ2n) is 6.91. The molecule has 0 bridgehead atoms. The molecule has 0 N–H and O–H groups in total. The number of rotatable bonds is 8. The number of methoxy groups -OCH3 is 1. The SMILES string of the molecule is COCC1CCN(c2cc(Oc3ccc(CC=O)cc3)ccc2[N+](=O)[O-])CC1. The number of nitro groups is 1. The molecule has 28 heavy (non-hydrogen) atoms. The summed E-state index contributed by atoms with van der Waals surface area (Å²) in [6.07, 6.45) is 3.10. The van der Waals surface area contributed by atoms with Crippen molar-refractivity contribution in [1.82, 2.24) is 0 Å². The number of hydrogen-bond acceptors (Lipinski definition) is 6. The largest absolute Gasteiger partial charge is 0.457 e. The minimum Gasteiger partial charge on any atom is -0.457 e. The number of anilines is 1. The first-order valence-electron chi connectivity index (χ1n) is 9.33. The highest BCUT2D eigenvalue weighted by Crippen LogP contribution is 2.36. The molecule has 1 fully saturated rings. The summed E-state index contributed by atoms with van der Waals surface area (Å²) in [7, 11) is 1.70. The van der Waals surface area contributed by atoms with E-state index in [4.69, 9.17) is 9.47 Å². The number of nitrogens with zero attached hydrogens (tertiary/aromatic N) is 2. The Balaban J connectivity index is 1.77. The van der Waals surface area contributed by atoms with Crippen LogP contribution in [0.15, 0.2) is 42.5 Å². The minimum atomic E-state index is -0.353. The molecule has 2 aromatic rings. The molecule has 1 heterocycles. The highest BCUT2D eigenvalue weighted by atomic mass is 16.6. The van der Waals surface area contributed by atoms with Crippen LogP contribution in [-0.2, 0) is 16.0 Å². The van der Waals surface area contributed by atoms with Gasteiger partial charge in [0, 0.05) is 45.4 Å². The number of carbonyl (C=O) groups is 1. The molecule has 1 saturated heterocycles. The predicted octanol–water partition coefficient (Wildman–Crippen LogP) is 3.99. The summed E-state index contributed by atoms with van der Waals surface area (Å²) in [5.41, 5.74) is 1.57. The molecule has 0 spiro atoms. The predicted molar refractivity (Wildman–Crippen MR) is 106 cm³/mol. The summed E-state index contributed by atoms with van der Waals surface area (Å²) < 4.78 is 11.1. The van der Waals surface area contributed by atoms with Crippen molar-refractivity contribution < 1.29 is 19.2 Å². The molecule has 0 unspecified atom stereocenters. The molecule has 7 nitrogen and oxygen atoms in total. The van der Waals surface area contributed by atoms with Gasteiger partial charge in [-0.3, -0.25) is 10.1 Å². The highest BCUT2D eigenvalue weighted by Gasteiger charge is 2.25. The van der Waals surface area contributed by atoms with E-state index in [1.807, 2.05) is 17.0 Å². The van der Waals surface area contributed by atoms with Gasteiger partial charge in [0.15, 0.2) is 0 Å². The van der Waals surface area contributed by atoms with Crippen LogP contribution in [-0.4, -0.2) is 38.0 Å². The summed E-state index contributed by atoms with van der Waals surface area (Å²) in [4.78, 5) is 23.8. The monoisotopic (exact) mass is 384 g/mol. The lowest BCUT2D eigenvalue weighted by molar-refractivity contribution is -0.384. The molecule has 7 heteroatoms. The molecule has 0 radical (unpaired) electrons. The van der Waals surface area contributed by atoms with E-state index in [1.165, 1.54) is 6.07 Å². The van der Waals surface area contributed by atoms with Gasteiger partial charge in [-0.2, -0.15) is 0 Å². The normalized spacial score (nSPS) is 14.7. The Hall–Kier alpha value is -2.93. The van der Waals surface area contributed by atoms with Gasteiger partial charge < -0.3 is 19.2 Å². The van der Waals surface area contributed by atoms with Crippen LogP contribution in [0.5, 0.6) is 11.5 Å². The molecule has 2 aromatic carbocycles. The third kappa shape index (κ3) is 4.86. The van der Waals surface area contributed by atoms with Crippen LogP contribution in [0.4, 0.5) is 11.4 Å². The first kappa shape index (κ1) is 19.8. The van der Waals surface area contributed by atoms with Crippen molar-refractivity contribution in [2.75, 3.05) is 31.7 Å². The summed E-state index contributed by atoms with van der Waals surface area (Å²) in [6, 6.07) is 12.1. The van der Waals surface area contributed by atoms with E-state index < -0.39 is 0 Å². The zero-order valence-corrected chi connectivity index (χ0v) is 15.9. The Morgan fingerprint density at radius 3 is 2.43 bits per heavy atom. The Kier molecular flexibility index (Phi) is 6.60. The lowest BCUT2D eigenvalue weighted by Crippen LogP contribution is -2.35. The maximum atomic E-state index is 11.5. The molecule has 1 aliphatic rings. The maximum absolute atomic E-state index is 11.5. The quantitative estimate of drug-likeness (QED) is 0.389. The topological polar surface area (TPSA) is 81.9 Å². The van der Waals surface area contributed by atoms with E-state index in [0.717, 1.165) is 44.4 Å². The number of carbonyl (C=O) groups excluding carboxylic acids is 1. The third-order valence-electron chi connectivity index (χ3n) is 4.98. The Bertz CT molecular complexity index is 814. The molecule has 0 aliphatic carbocycles. The lowest BCUT2D eigenvalue weighted by Gasteiger charge is -2.33. The van der Waals surface area contributed by atoms with Gasteiger partial charge in [0.05, 0.1) is 4.92 Å². The molecule has 1 aliphatic heterocycles. The first-order valence-corrected chi connectivity index (χ1v) is 9.33. The van der Waals surface area contributed by atoms with Crippen LogP contribution in [0.2, 0.25) is 0 Å². The van der Waals surface area contributed by atoms with Gasteiger partial charge in [-0.25, -0.2) is 0 Å². The van der Waals surface area contributed by atoms with Gasteiger partial charge in [0.25, 0.3) is 5.69 Å². The van der Waals surface area contributed by atoms with Gasteiger partial charge in [0.2, 0.25) is 0 Å². The molecule has 0 aromatic heterocycles. The van der Waals surface area contributed by atoms with E-state index in [2.05, 4.69) is 0 Å². The molecule has 3 rings (SSSR count). The minimum absolute atomic E-state index is 0.0823. The fourth-order valence-electron chi connectivity index (χ4n) is 3.48. The number of hydrogen-bond donors (Lipinski definition) is 0. The van der Waals surface area contributed by atoms with Crippen LogP contribution in [0, 0.1) is 16.0 Å². The van der Waals surface area contributed by atoms with Crippen molar-refractivity contribution in [2.24, 2.45) is 5.92 Å².